The van der Waals surface area contributed by atoms with Crippen molar-refractivity contribution in [3.8, 4) is 16.8 Å². The molecular formula is C51H39N3. The summed E-state index contributed by atoms with van der Waals surface area (Å²) < 4.78 is 2.49. The van der Waals surface area contributed by atoms with Crippen LogP contribution in [-0.2, 0) is 5.41 Å². The van der Waals surface area contributed by atoms with Crippen LogP contribution in [0, 0.1) is 0 Å². The molecule has 1 aliphatic rings. The Morgan fingerprint density at radius 1 is 0.352 bits per heavy atom. The Balaban J connectivity index is 1.30. The summed E-state index contributed by atoms with van der Waals surface area (Å²) in [6.45, 7) is 4.73. The first-order chi connectivity index (χ1) is 26.6. The number of nitrogens with zero attached hydrogens (tertiary/aromatic N) is 3. The van der Waals surface area contributed by atoms with Gasteiger partial charge in [0.05, 0.1) is 28.1 Å². The second-order valence-electron chi connectivity index (χ2n) is 14.7. The van der Waals surface area contributed by atoms with Crippen molar-refractivity contribution >= 4 is 55.9 Å². The van der Waals surface area contributed by atoms with Gasteiger partial charge in [-0.2, -0.15) is 0 Å². The first kappa shape index (κ1) is 31.9. The molecule has 0 spiro atoms. The maximum absolute atomic E-state index is 2.49. The number of benzene rings is 8. The highest BCUT2D eigenvalue weighted by molar-refractivity contribution is 6.12. The molecule has 3 nitrogen and oxygen atoms in total. The van der Waals surface area contributed by atoms with E-state index in [1.807, 2.05) is 0 Å². The van der Waals surface area contributed by atoms with Crippen molar-refractivity contribution in [1.82, 2.24) is 4.57 Å². The average molecular weight is 694 g/mol. The average Bonchev–Trinajstić information content (AvgIpc) is 3.67. The second kappa shape index (κ2) is 12.7. The lowest BCUT2D eigenvalue weighted by molar-refractivity contribution is 0.661. The lowest BCUT2D eigenvalue weighted by atomic mass is 9.82. The van der Waals surface area contributed by atoms with Crippen LogP contribution in [-0.4, -0.2) is 4.57 Å². The molecular weight excluding hydrogens is 655 g/mol. The van der Waals surface area contributed by atoms with E-state index < -0.39 is 0 Å². The summed E-state index contributed by atoms with van der Waals surface area (Å²) in [6.07, 6.45) is 0. The van der Waals surface area contributed by atoms with Crippen LogP contribution in [0.25, 0.3) is 38.6 Å². The Kier molecular flexibility index (Phi) is 7.48. The molecule has 0 aliphatic heterocycles. The Hall–Kier alpha value is -6.84. The van der Waals surface area contributed by atoms with Crippen LogP contribution in [0.2, 0.25) is 0 Å². The normalized spacial score (nSPS) is 12.8. The van der Waals surface area contributed by atoms with Gasteiger partial charge in [-0.3, -0.25) is 0 Å². The first-order valence-corrected chi connectivity index (χ1v) is 18.7. The smallest absolute Gasteiger partial charge is 0.0544 e. The molecule has 0 unspecified atom stereocenters. The van der Waals surface area contributed by atoms with Crippen LogP contribution in [0.1, 0.15) is 25.0 Å². The van der Waals surface area contributed by atoms with Crippen molar-refractivity contribution in [1.29, 1.82) is 0 Å². The van der Waals surface area contributed by atoms with Gasteiger partial charge < -0.3 is 14.4 Å². The number of rotatable bonds is 7. The highest BCUT2D eigenvalue weighted by Crippen LogP contribution is 2.51. The number of hydrogen-bond acceptors (Lipinski definition) is 2. The fraction of sp³-hybridized carbons (Fsp3) is 0.0588. The van der Waals surface area contributed by atoms with E-state index in [9.17, 15) is 0 Å². The Labute approximate surface area is 316 Å². The predicted molar refractivity (Wildman–Crippen MR) is 228 cm³/mol. The molecule has 1 aromatic heterocycles. The summed E-state index contributed by atoms with van der Waals surface area (Å²) in [5, 5.41) is 2.50. The highest BCUT2D eigenvalue weighted by Gasteiger charge is 2.36. The highest BCUT2D eigenvalue weighted by atomic mass is 15.2. The monoisotopic (exact) mass is 693 g/mol. The zero-order valence-electron chi connectivity index (χ0n) is 30.4. The molecule has 0 atom stereocenters. The number of hydrogen-bond donors (Lipinski definition) is 0. The van der Waals surface area contributed by atoms with Gasteiger partial charge in [0.25, 0.3) is 0 Å². The van der Waals surface area contributed by atoms with Crippen LogP contribution in [0.15, 0.2) is 200 Å². The van der Waals surface area contributed by atoms with E-state index in [0.717, 1.165) is 39.8 Å². The van der Waals surface area contributed by atoms with E-state index in [-0.39, 0.29) is 5.41 Å². The minimum Gasteiger partial charge on any atom is -0.310 e. The number of para-hydroxylation sites is 5. The topological polar surface area (TPSA) is 11.4 Å². The lowest BCUT2D eigenvalue weighted by Gasteiger charge is -2.30. The third kappa shape index (κ3) is 5.12. The molecule has 9 aromatic rings. The molecule has 10 rings (SSSR count). The predicted octanol–water partition coefficient (Wildman–Crippen LogP) is 14.0. The van der Waals surface area contributed by atoms with Crippen LogP contribution in [0.3, 0.4) is 0 Å². The van der Waals surface area contributed by atoms with Gasteiger partial charge in [-0.25, -0.2) is 0 Å². The van der Waals surface area contributed by atoms with Crippen LogP contribution >= 0.6 is 0 Å². The summed E-state index contributed by atoms with van der Waals surface area (Å²) in [5.74, 6) is 0. The maximum Gasteiger partial charge on any atom is 0.0544 e. The third-order valence-corrected chi connectivity index (χ3v) is 11.1. The molecule has 258 valence electrons. The SMILES string of the molecule is CC1(C)c2ccccc2-c2cc3c4ccccc4n(-c4cc(N(c5ccccc5)c5ccccc5)cc(N(c5ccccc5)c5ccccc5)c4)c3cc21. The largest absolute Gasteiger partial charge is 0.310 e. The molecule has 1 aliphatic carbocycles. The van der Waals surface area contributed by atoms with Gasteiger partial charge in [0.2, 0.25) is 0 Å². The second-order valence-corrected chi connectivity index (χ2v) is 14.7. The van der Waals surface area contributed by atoms with E-state index in [2.05, 4.69) is 228 Å². The summed E-state index contributed by atoms with van der Waals surface area (Å²) >= 11 is 0. The lowest BCUT2D eigenvalue weighted by Crippen LogP contribution is -2.15. The molecule has 0 fully saturated rings. The molecule has 0 amide bonds. The van der Waals surface area contributed by atoms with Gasteiger partial charge in [0.15, 0.2) is 0 Å². The van der Waals surface area contributed by atoms with Crippen LogP contribution in [0.4, 0.5) is 34.1 Å². The van der Waals surface area contributed by atoms with Crippen LogP contribution in [0.5, 0.6) is 0 Å². The minimum atomic E-state index is -0.122. The quantitative estimate of drug-likeness (QED) is 0.165. The molecule has 0 N–H and O–H groups in total. The van der Waals surface area contributed by atoms with Gasteiger partial charge in [-0.15, -0.1) is 0 Å². The van der Waals surface area contributed by atoms with Crippen molar-refractivity contribution in [3.63, 3.8) is 0 Å². The summed E-state index contributed by atoms with van der Waals surface area (Å²) in [6, 6.07) is 72.5. The van der Waals surface area contributed by atoms with E-state index in [0.29, 0.717) is 0 Å². The standard InChI is InChI=1S/C51H39N3/c1-51(2)47-29-17-15-27-43(47)45-34-46-44-28-16-18-30-49(44)54(50(46)35-48(45)51)42-32-40(52(36-19-7-3-8-20-36)37-21-9-4-10-22-37)31-41(33-42)53(38-23-11-5-12-24-38)39-25-13-6-14-26-39/h3-35H,1-2H3. The van der Waals surface area contributed by atoms with E-state index >= 15 is 0 Å². The third-order valence-electron chi connectivity index (χ3n) is 11.1. The Morgan fingerprint density at radius 2 is 0.815 bits per heavy atom. The van der Waals surface area contributed by atoms with E-state index in [1.54, 1.807) is 0 Å². The minimum absolute atomic E-state index is 0.122. The van der Waals surface area contributed by atoms with Gasteiger partial charge in [0.1, 0.15) is 0 Å². The number of aromatic nitrogens is 1. The van der Waals surface area contributed by atoms with Gasteiger partial charge in [-0.05, 0) is 107 Å². The van der Waals surface area contributed by atoms with Crippen molar-refractivity contribution < 1.29 is 0 Å². The zero-order valence-corrected chi connectivity index (χ0v) is 30.4. The molecule has 0 bridgehead atoms. The van der Waals surface area contributed by atoms with Crippen molar-refractivity contribution in [3.05, 3.63) is 211 Å². The van der Waals surface area contributed by atoms with E-state index in [1.165, 1.54) is 44.1 Å². The summed E-state index contributed by atoms with van der Waals surface area (Å²) in [4.78, 5) is 4.74. The molecule has 8 aromatic carbocycles. The van der Waals surface area contributed by atoms with Crippen molar-refractivity contribution in [2.75, 3.05) is 9.80 Å². The number of fused-ring (bicyclic) bond motifs is 6. The Morgan fingerprint density at radius 3 is 1.35 bits per heavy atom. The molecule has 3 heteroatoms. The maximum atomic E-state index is 2.49. The first-order valence-electron chi connectivity index (χ1n) is 18.7. The van der Waals surface area contributed by atoms with Crippen molar-refractivity contribution in [2.24, 2.45) is 0 Å². The molecule has 0 radical (unpaired) electrons. The molecule has 0 saturated carbocycles. The fourth-order valence-electron chi connectivity index (χ4n) is 8.61. The Bertz CT molecular complexity index is 2610. The zero-order chi connectivity index (χ0) is 36.2. The van der Waals surface area contributed by atoms with Crippen molar-refractivity contribution in [2.45, 2.75) is 19.3 Å². The van der Waals surface area contributed by atoms with Gasteiger partial charge in [-0.1, -0.05) is 129 Å². The van der Waals surface area contributed by atoms with E-state index in [4.69, 9.17) is 0 Å². The van der Waals surface area contributed by atoms with Gasteiger partial charge >= 0.3 is 0 Å². The summed E-state index contributed by atoms with van der Waals surface area (Å²) in [5.41, 5.74) is 15.3. The summed E-state index contributed by atoms with van der Waals surface area (Å²) in [7, 11) is 0. The van der Waals surface area contributed by atoms with Gasteiger partial charge in [0, 0.05) is 38.9 Å². The fourth-order valence-corrected chi connectivity index (χ4v) is 8.61. The molecule has 54 heavy (non-hydrogen) atoms. The number of anilines is 6. The van der Waals surface area contributed by atoms with Crippen LogP contribution < -0.4 is 9.80 Å². The molecule has 0 saturated heterocycles. The molecule has 1 heterocycles.